The molecule has 0 radical (unpaired) electrons. The van der Waals surface area contributed by atoms with Crippen LogP contribution in [0.1, 0.15) is 136 Å². The van der Waals surface area contributed by atoms with Gasteiger partial charge in [0.25, 0.3) is 0 Å². The zero-order chi connectivity index (χ0) is 42.4. The van der Waals surface area contributed by atoms with E-state index in [1.165, 1.54) is 0 Å². The van der Waals surface area contributed by atoms with E-state index in [1.807, 2.05) is 45.9 Å². The van der Waals surface area contributed by atoms with Gasteiger partial charge in [-0.15, -0.1) is 11.6 Å². The second-order valence-electron chi connectivity index (χ2n) is 19.7. The Labute approximate surface area is 351 Å². The summed E-state index contributed by atoms with van der Waals surface area (Å²) in [7, 11) is -2.15. The van der Waals surface area contributed by atoms with Crippen LogP contribution in [0.25, 0.3) is 10.9 Å². The molecule has 318 valence electrons. The lowest BCUT2D eigenvalue weighted by Gasteiger charge is -2.39. The molecule has 0 N–H and O–H groups in total. The molecule has 1 aromatic heterocycles. The van der Waals surface area contributed by atoms with Crippen molar-refractivity contribution in [3.63, 3.8) is 0 Å². The van der Waals surface area contributed by atoms with Crippen LogP contribution in [0.2, 0.25) is 18.1 Å². The van der Waals surface area contributed by atoms with Crippen molar-refractivity contribution in [1.82, 2.24) is 9.88 Å². The summed E-state index contributed by atoms with van der Waals surface area (Å²) in [6.07, 6.45) is 9.53. The van der Waals surface area contributed by atoms with E-state index in [1.54, 1.807) is 11.8 Å². The number of ether oxygens (including phenoxy) is 3. The molecular formula is C46H65ClN2O8Si. The Morgan fingerprint density at radius 1 is 1.03 bits per heavy atom. The van der Waals surface area contributed by atoms with Crippen molar-refractivity contribution in [2.45, 2.75) is 167 Å². The molecule has 3 aliphatic heterocycles. The van der Waals surface area contributed by atoms with Gasteiger partial charge in [-0.3, -0.25) is 19.2 Å². The number of aromatic nitrogens is 1. The third kappa shape index (κ3) is 9.15. The number of amides is 1. The van der Waals surface area contributed by atoms with E-state index in [-0.39, 0.29) is 61.0 Å². The first kappa shape index (κ1) is 44.1. The standard InChI is InChI=1S/C46H65ClN2O8Si/c1-11-34-40-39(32-23-31(20-21-35(32)48-34)57-58(9,10)44(6,7)8)33(47)25-45(56-40)26-36-37(50)27-46(42(53)54-12-2)24-30(46)19-17-15-13-14-16-18-29(41(52)49(36)28-45)22-38(51)55-43(3,4)5/h17,19-21,23,29-30,33,36H,11-16,18,22,24-28H2,1-10H3/b19-17-/t29-,30-,33?,36+,45-,46-/m1/s1. The largest absolute Gasteiger partial charge is 0.543 e. The van der Waals surface area contributed by atoms with Crippen molar-refractivity contribution in [3.05, 3.63) is 41.6 Å². The van der Waals surface area contributed by atoms with Crippen LogP contribution in [-0.4, -0.2) is 72.2 Å². The molecule has 2 fully saturated rings. The Balaban J connectivity index is 1.40. The van der Waals surface area contributed by atoms with Gasteiger partial charge in [0.1, 0.15) is 22.7 Å². The molecule has 1 aliphatic carbocycles. The summed E-state index contributed by atoms with van der Waals surface area (Å²) in [6, 6.07) is 5.11. The lowest BCUT2D eigenvalue weighted by atomic mass is 9.84. The minimum absolute atomic E-state index is 0.00442. The molecule has 6 atom stereocenters. The quantitative estimate of drug-likeness (QED) is 0.116. The highest BCUT2D eigenvalue weighted by molar-refractivity contribution is 6.74. The van der Waals surface area contributed by atoms with Gasteiger partial charge in [-0.25, -0.2) is 4.98 Å². The molecule has 10 nitrogen and oxygen atoms in total. The molecule has 0 bridgehead atoms. The number of rotatable bonds is 7. The molecule has 1 amide bonds. The van der Waals surface area contributed by atoms with Gasteiger partial charge in [0.05, 0.1) is 47.6 Å². The fourth-order valence-electron chi connectivity index (χ4n) is 8.87. The summed E-state index contributed by atoms with van der Waals surface area (Å²) >= 11 is 7.49. The Morgan fingerprint density at radius 2 is 1.78 bits per heavy atom. The zero-order valence-electron chi connectivity index (χ0n) is 36.4. The first-order chi connectivity index (χ1) is 27.1. The normalized spacial score (nSPS) is 28.7. The number of alkyl halides is 1. The summed E-state index contributed by atoms with van der Waals surface area (Å²) < 4.78 is 25.1. The molecule has 12 heteroatoms. The van der Waals surface area contributed by atoms with Gasteiger partial charge in [0.2, 0.25) is 14.2 Å². The van der Waals surface area contributed by atoms with Crippen molar-refractivity contribution >= 4 is 54.5 Å². The molecule has 1 saturated carbocycles. The molecule has 4 heterocycles. The van der Waals surface area contributed by atoms with E-state index >= 15 is 0 Å². The topological polar surface area (TPSA) is 121 Å². The number of Topliss-reactive ketones (excluding diaryl/α,β-unsaturated/α-hetero) is 1. The van der Waals surface area contributed by atoms with Crippen molar-refractivity contribution in [3.8, 4) is 11.5 Å². The number of aryl methyl sites for hydroxylation is 1. The van der Waals surface area contributed by atoms with Gasteiger partial charge in [0, 0.05) is 36.1 Å². The highest BCUT2D eigenvalue weighted by Crippen LogP contribution is 2.58. The van der Waals surface area contributed by atoms with E-state index in [0.29, 0.717) is 31.4 Å². The van der Waals surface area contributed by atoms with Gasteiger partial charge in [-0.05, 0) is 102 Å². The number of benzene rings is 1. The van der Waals surface area contributed by atoms with Crippen LogP contribution in [-0.2, 0) is 35.1 Å². The minimum atomic E-state index is -2.15. The zero-order valence-corrected chi connectivity index (χ0v) is 38.2. The van der Waals surface area contributed by atoms with Crippen LogP contribution < -0.4 is 9.16 Å². The number of esters is 2. The van der Waals surface area contributed by atoms with Crippen LogP contribution in [0.5, 0.6) is 11.5 Å². The summed E-state index contributed by atoms with van der Waals surface area (Å²) in [5.74, 6) is -0.742. The van der Waals surface area contributed by atoms with Crippen LogP contribution >= 0.6 is 11.6 Å². The molecule has 1 unspecified atom stereocenters. The van der Waals surface area contributed by atoms with E-state index < -0.39 is 48.2 Å². The number of halogens is 1. The molecular weight excluding hydrogens is 772 g/mol. The first-order valence-electron chi connectivity index (χ1n) is 21.5. The predicted molar refractivity (Wildman–Crippen MR) is 229 cm³/mol. The van der Waals surface area contributed by atoms with Crippen LogP contribution in [0.4, 0.5) is 0 Å². The molecule has 4 aliphatic rings. The number of hydrogen-bond donors (Lipinski definition) is 0. The Morgan fingerprint density at radius 3 is 2.45 bits per heavy atom. The molecule has 2 aromatic rings. The smallest absolute Gasteiger partial charge is 0.313 e. The maximum absolute atomic E-state index is 14.9. The van der Waals surface area contributed by atoms with E-state index in [4.69, 9.17) is 35.2 Å². The van der Waals surface area contributed by atoms with Gasteiger partial charge in [0.15, 0.2) is 5.78 Å². The summed E-state index contributed by atoms with van der Waals surface area (Å²) in [5, 5.41) is 0.345. The molecule has 6 rings (SSSR count). The lowest BCUT2D eigenvalue weighted by Crippen LogP contribution is -2.47. The van der Waals surface area contributed by atoms with Gasteiger partial charge < -0.3 is 23.5 Å². The number of fused-ring (bicyclic) bond motifs is 5. The maximum Gasteiger partial charge on any atom is 0.313 e. The second-order valence-corrected chi connectivity index (χ2v) is 25.0. The van der Waals surface area contributed by atoms with Crippen LogP contribution in [0.3, 0.4) is 0 Å². The molecule has 1 aromatic carbocycles. The Kier molecular flexibility index (Phi) is 12.6. The fraction of sp³-hybridized carbons (Fsp3) is 0.674. The van der Waals surface area contributed by atoms with Crippen molar-refractivity contribution < 1.29 is 37.8 Å². The van der Waals surface area contributed by atoms with Gasteiger partial charge in [-0.1, -0.05) is 52.7 Å². The number of ketones is 1. The molecule has 1 saturated heterocycles. The van der Waals surface area contributed by atoms with Gasteiger partial charge in [-0.2, -0.15) is 0 Å². The number of pyridine rings is 1. The monoisotopic (exact) mass is 836 g/mol. The van der Waals surface area contributed by atoms with E-state index in [0.717, 1.165) is 53.6 Å². The fourth-order valence-corrected chi connectivity index (χ4v) is 10.4. The van der Waals surface area contributed by atoms with Gasteiger partial charge >= 0.3 is 11.9 Å². The van der Waals surface area contributed by atoms with Crippen LogP contribution in [0, 0.1) is 17.3 Å². The molecule has 58 heavy (non-hydrogen) atoms. The predicted octanol–water partition coefficient (Wildman–Crippen LogP) is 9.98. The van der Waals surface area contributed by atoms with Crippen molar-refractivity contribution in [1.29, 1.82) is 0 Å². The van der Waals surface area contributed by atoms with Crippen molar-refractivity contribution in [2.24, 2.45) is 17.3 Å². The summed E-state index contributed by atoms with van der Waals surface area (Å²) in [5.41, 5.74) is -0.295. The van der Waals surface area contributed by atoms with E-state index in [9.17, 15) is 19.2 Å². The average Bonchev–Trinajstić information content (AvgIpc) is 3.70. The first-order valence-corrected chi connectivity index (χ1v) is 24.8. The Hall–Kier alpha value is -3.44. The second kappa shape index (κ2) is 16.5. The maximum atomic E-state index is 14.9. The lowest BCUT2D eigenvalue weighted by molar-refractivity contribution is -0.159. The number of allylic oxidation sites excluding steroid dienone is 2. The summed E-state index contributed by atoms with van der Waals surface area (Å²) in [6.45, 7) is 20.6. The SMILES string of the molecule is CCOC(=O)[C@]12CC(=O)[C@@H]3C[C@]4(CC(Cl)c5c(c(CC)nc6ccc(O[Si](C)(C)C(C)(C)C)cc56)O4)CN3C(=O)[C@@H](CC(=O)OC(C)(C)C)CCCCC/C=C\[C@@H]1C2. The summed E-state index contributed by atoms with van der Waals surface area (Å²) in [4.78, 5) is 63.3. The van der Waals surface area contributed by atoms with Crippen molar-refractivity contribution in [2.75, 3.05) is 13.2 Å². The Bertz CT molecular complexity index is 1950. The van der Waals surface area contributed by atoms with E-state index in [2.05, 4.69) is 46.0 Å². The average molecular weight is 838 g/mol. The third-order valence-corrected chi connectivity index (χ3v) is 17.8. The minimum Gasteiger partial charge on any atom is -0.543 e. The number of carbonyl (C=O) groups excluding carboxylic acids is 4. The molecule has 1 spiro atoms. The highest BCUT2D eigenvalue weighted by Gasteiger charge is 2.63. The van der Waals surface area contributed by atoms with Crippen LogP contribution in [0.15, 0.2) is 30.4 Å². The highest BCUT2D eigenvalue weighted by atomic mass is 35.5. The number of nitrogens with zero attached hydrogens (tertiary/aromatic N) is 2. The third-order valence-electron chi connectivity index (χ3n) is 13.1. The number of carbonyl (C=O) groups is 4. The number of hydrogen-bond acceptors (Lipinski definition) is 9.